The fourth-order valence-corrected chi connectivity index (χ4v) is 4.24. The summed E-state index contributed by atoms with van der Waals surface area (Å²) in [6, 6.07) is 10.1. The van der Waals surface area contributed by atoms with E-state index in [0.29, 0.717) is 22.4 Å². The van der Waals surface area contributed by atoms with Gasteiger partial charge >= 0.3 is 0 Å². The number of aryl methyl sites for hydroxylation is 1. The van der Waals surface area contributed by atoms with E-state index in [-0.39, 0.29) is 5.56 Å². The van der Waals surface area contributed by atoms with Gasteiger partial charge in [-0.25, -0.2) is 4.39 Å². The minimum atomic E-state index is -1.09. The molecule has 1 aliphatic rings. The zero-order valence-electron chi connectivity index (χ0n) is 16.0. The van der Waals surface area contributed by atoms with Crippen LogP contribution in [-0.4, -0.2) is 21.1 Å². The van der Waals surface area contributed by atoms with Crippen LogP contribution in [0.1, 0.15) is 19.8 Å². The molecule has 2 aromatic carbocycles. The third kappa shape index (κ3) is 3.61. The summed E-state index contributed by atoms with van der Waals surface area (Å²) in [5.41, 5.74) is 2.41. The Kier molecular flexibility index (Phi) is 5.06. The summed E-state index contributed by atoms with van der Waals surface area (Å²) in [6.07, 6.45) is 4.25. The van der Waals surface area contributed by atoms with Crippen molar-refractivity contribution in [2.75, 3.05) is 17.6 Å². The molecule has 0 bridgehead atoms. The Balaban J connectivity index is 1.94. The molecule has 0 amide bonds. The van der Waals surface area contributed by atoms with Gasteiger partial charge in [-0.1, -0.05) is 13.0 Å². The predicted octanol–water partition coefficient (Wildman–Crippen LogP) is 4.29. The summed E-state index contributed by atoms with van der Waals surface area (Å²) < 4.78 is 27.7. The van der Waals surface area contributed by atoms with Gasteiger partial charge in [-0.3, -0.25) is 9.00 Å². The molecule has 6 heteroatoms. The van der Waals surface area contributed by atoms with Gasteiger partial charge in [0.1, 0.15) is 5.82 Å². The smallest absolute Gasteiger partial charge is 0.258 e. The van der Waals surface area contributed by atoms with Crippen molar-refractivity contribution in [3.05, 3.63) is 58.8 Å². The second-order valence-electron chi connectivity index (χ2n) is 7.31. The Morgan fingerprint density at radius 2 is 1.93 bits per heavy atom. The van der Waals surface area contributed by atoms with Crippen LogP contribution in [0.25, 0.3) is 21.9 Å². The first-order valence-electron chi connectivity index (χ1n) is 9.53. The summed E-state index contributed by atoms with van der Waals surface area (Å²) in [5.74, 6) is 0.797. The quantitative estimate of drug-likeness (QED) is 0.674. The van der Waals surface area contributed by atoms with Crippen LogP contribution in [0.3, 0.4) is 0 Å². The number of rotatable bonds is 6. The van der Waals surface area contributed by atoms with E-state index >= 15 is 0 Å². The Morgan fingerprint density at radius 3 is 2.64 bits per heavy atom. The topological polar surface area (TPSA) is 51.1 Å². The lowest BCUT2D eigenvalue weighted by molar-refractivity contribution is 0.629. The molecule has 1 heterocycles. The van der Waals surface area contributed by atoms with E-state index in [2.05, 4.69) is 5.32 Å². The van der Waals surface area contributed by atoms with Crippen LogP contribution in [0.4, 0.5) is 10.1 Å². The maximum absolute atomic E-state index is 13.8. The van der Waals surface area contributed by atoms with Gasteiger partial charge in [0.15, 0.2) is 0 Å². The van der Waals surface area contributed by atoms with Crippen LogP contribution < -0.4 is 10.9 Å². The molecule has 1 fully saturated rings. The highest BCUT2D eigenvalue weighted by atomic mass is 32.2. The SMILES string of the molecule is CCS(=O)c1ccc(NCC2CC2)c(-c2cn(C)c(=O)c3cc(F)ccc23)c1. The monoisotopic (exact) mass is 398 g/mol. The number of hydrogen-bond acceptors (Lipinski definition) is 3. The normalized spacial score (nSPS) is 15.0. The first kappa shape index (κ1) is 18.9. The van der Waals surface area contributed by atoms with Gasteiger partial charge in [0.05, 0.1) is 16.2 Å². The molecular weight excluding hydrogens is 375 g/mol. The van der Waals surface area contributed by atoms with Crippen LogP contribution in [0.2, 0.25) is 0 Å². The number of benzene rings is 2. The number of nitrogens with zero attached hydrogens (tertiary/aromatic N) is 1. The Hall–Kier alpha value is -2.47. The number of aromatic nitrogens is 1. The summed E-state index contributed by atoms with van der Waals surface area (Å²) >= 11 is 0. The van der Waals surface area contributed by atoms with E-state index in [1.807, 2.05) is 25.1 Å². The molecule has 1 aliphatic carbocycles. The molecule has 3 aromatic rings. The summed E-state index contributed by atoms with van der Waals surface area (Å²) in [5, 5.41) is 4.54. The highest BCUT2D eigenvalue weighted by Gasteiger charge is 2.22. The highest BCUT2D eigenvalue weighted by molar-refractivity contribution is 7.85. The lowest BCUT2D eigenvalue weighted by Crippen LogP contribution is -2.17. The van der Waals surface area contributed by atoms with E-state index < -0.39 is 16.6 Å². The molecule has 0 spiro atoms. The number of fused-ring (bicyclic) bond motifs is 1. The van der Waals surface area contributed by atoms with Crippen molar-refractivity contribution in [2.24, 2.45) is 13.0 Å². The first-order valence-corrected chi connectivity index (χ1v) is 10.9. The van der Waals surface area contributed by atoms with Crippen LogP contribution >= 0.6 is 0 Å². The van der Waals surface area contributed by atoms with Crippen LogP contribution in [0, 0.1) is 11.7 Å². The number of hydrogen-bond donors (Lipinski definition) is 1. The molecule has 1 aromatic heterocycles. The van der Waals surface area contributed by atoms with Gasteiger partial charge < -0.3 is 9.88 Å². The van der Waals surface area contributed by atoms with Crippen molar-refractivity contribution in [3.63, 3.8) is 0 Å². The van der Waals surface area contributed by atoms with Crippen molar-refractivity contribution in [1.82, 2.24) is 4.57 Å². The minimum Gasteiger partial charge on any atom is -0.384 e. The Bertz CT molecular complexity index is 1140. The van der Waals surface area contributed by atoms with Crippen molar-refractivity contribution in [2.45, 2.75) is 24.7 Å². The first-order chi connectivity index (χ1) is 13.5. The average molecular weight is 399 g/mol. The molecule has 1 N–H and O–H groups in total. The molecule has 146 valence electrons. The average Bonchev–Trinajstić information content (AvgIpc) is 3.53. The van der Waals surface area contributed by atoms with E-state index in [1.54, 1.807) is 19.3 Å². The molecule has 28 heavy (non-hydrogen) atoms. The predicted molar refractivity (Wildman–Crippen MR) is 113 cm³/mol. The molecule has 4 rings (SSSR count). The lowest BCUT2D eigenvalue weighted by atomic mass is 9.99. The third-order valence-electron chi connectivity index (χ3n) is 5.23. The lowest BCUT2D eigenvalue weighted by Gasteiger charge is -2.16. The van der Waals surface area contributed by atoms with Gasteiger partial charge in [-0.2, -0.15) is 0 Å². The van der Waals surface area contributed by atoms with Crippen molar-refractivity contribution in [1.29, 1.82) is 0 Å². The molecule has 0 saturated heterocycles. The van der Waals surface area contributed by atoms with Crippen LogP contribution in [-0.2, 0) is 17.8 Å². The molecule has 1 saturated carbocycles. The second kappa shape index (κ2) is 7.51. The van der Waals surface area contributed by atoms with Gasteiger partial charge in [0.25, 0.3) is 5.56 Å². The molecule has 4 nitrogen and oxygen atoms in total. The third-order valence-corrected chi connectivity index (χ3v) is 6.53. The molecular formula is C22H23FN2O2S. The van der Waals surface area contributed by atoms with E-state index in [9.17, 15) is 13.4 Å². The zero-order chi connectivity index (χ0) is 19.8. The maximum Gasteiger partial charge on any atom is 0.258 e. The standard InChI is InChI=1S/C22H23FN2O2S/c1-3-28(27)16-7-9-21(24-12-14-4-5-14)18(11-16)20-13-25(2)22(26)19-10-15(23)6-8-17(19)20/h6-11,13-14,24H,3-5,12H2,1-2H3. The van der Waals surface area contributed by atoms with Gasteiger partial charge in [0.2, 0.25) is 0 Å². The number of nitrogens with one attached hydrogen (secondary N) is 1. The van der Waals surface area contributed by atoms with E-state index in [1.165, 1.54) is 29.5 Å². The second-order valence-corrected chi connectivity index (χ2v) is 9.05. The van der Waals surface area contributed by atoms with E-state index in [4.69, 9.17) is 0 Å². The molecule has 1 atom stereocenters. The fourth-order valence-electron chi connectivity index (χ4n) is 3.44. The fraction of sp³-hybridized carbons (Fsp3) is 0.318. The van der Waals surface area contributed by atoms with Crippen molar-refractivity contribution >= 4 is 27.3 Å². The number of pyridine rings is 1. The highest BCUT2D eigenvalue weighted by Crippen LogP contribution is 2.36. The van der Waals surface area contributed by atoms with Crippen molar-refractivity contribution < 1.29 is 8.60 Å². The van der Waals surface area contributed by atoms with Crippen molar-refractivity contribution in [3.8, 4) is 11.1 Å². The molecule has 0 aliphatic heterocycles. The zero-order valence-corrected chi connectivity index (χ0v) is 16.8. The largest absolute Gasteiger partial charge is 0.384 e. The number of halogens is 1. The summed E-state index contributed by atoms with van der Waals surface area (Å²) in [7, 11) is 0.582. The van der Waals surface area contributed by atoms with Crippen LogP contribution in [0.15, 0.2) is 52.3 Å². The van der Waals surface area contributed by atoms with Crippen LogP contribution in [0.5, 0.6) is 0 Å². The maximum atomic E-state index is 13.8. The molecule has 0 radical (unpaired) electrons. The Morgan fingerprint density at radius 1 is 1.14 bits per heavy atom. The van der Waals surface area contributed by atoms with Gasteiger partial charge in [-0.05, 0) is 54.5 Å². The van der Waals surface area contributed by atoms with Gasteiger partial charge in [0, 0.05) is 47.3 Å². The molecule has 1 unspecified atom stereocenters. The number of anilines is 1. The van der Waals surface area contributed by atoms with E-state index in [0.717, 1.165) is 28.3 Å². The van der Waals surface area contributed by atoms with Gasteiger partial charge in [-0.15, -0.1) is 0 Å². The minimum absolute atomic E-state index is 0.237. The summed E-state index contributed by atoms with van der Waals surface area (Å²) in [4.78, 5) is 13.3. The summed E-state index contributed by atoms with van der Waals surface area (Å²) in [6.45, 7) is 2.78. The Labute approximate surface area is 165 Å².